The highest BCUT2D eigenvalue weighted by atomic mass is 16.5. The molecule has 0 bridgehead atoms. The average molecular weight is 550 g/mol. The lowest BCUT2D eigenvalue weighted by atomic mass is 9.94. The number of anilines is 1. The van der Waals surface area contributed by atoms with Crippen LogP contribution in [-0.2, 0) is 9.59 Å². The lowest BCUT2D eigenvalue weighted by Gasteiger charge is -2.26. The van der Waals surface area contributed by atoms with Crippen LogP contribution in [0, 0.1) is 6.92 Å². The van der Waals surface area contributed by atoms with E-state index in [-0.39, 0.29) is 11.3 Å². The predicted molar refractivity (Wildman–Crippen MR) is 158 cm³/mol. The molecule has 1 amide bonds. The van der Waals surface area contributed by atoms with Gasteiger partial charge in [0.05, 0.1) is 30.4 Å². The molecule has 1 heterocycles. The molecule has 1 N–H and O–H groups in total. The number of aryl methyl sites for hydroxylation is 1. The normalized spacial score (nSPS) is 16.1. The molecule has 1 saturated heterocycles. The average Bonchev–Trinajstić information content (AvgIpc) is 3.24. The van der Waals surface area contributed by atoms with Crippen molar-refractivity contribution in [1.29, 1.82) is 0 Å². The van der Waals surface area contributed by atoms with Gasteiger partial charge in [0.25, 0.3) is 11.7 Å². The van der Waals surface area contributed by atoms with E-state index >= 15 is 0 Å². The number of aliphatic hydroxyl groups is 1. The number of nitrogens with zero attached hydrogens (tertiary/aromatic N) is 1. The lowest BCUT2D eigenvalue weighted by molar-refractivity contribution is -0.132. The molecule has 0 aliphatic carbocycles. The third-order valence-corrected chi connectivity index (χ3v) is 6.72. The van der Waals surface area contributed by atoms with Crippen LogP contribution in [0.2, 0.25) is 0 Å². The lowest BCUT2D eigenvalue weighted by Crippen LogP contribution is -2.29. The van der Waals surface area contributed by atoms with E-state index in [0.29, 0.717) is 53.0 Å². The largest absolute Gasteiger partial charge is 0.507 e. The van der Waals surface area contributed by atoms with Crippen LogP contribution in [0.5, 0.6) is 23.0 Å². The molecule has 41 heavy (non-hydrogen) atoms. The van der Waals surface area contributed by atoms with Gasteiger partial charge in [-0.1, -0.05) is 48.0 Å². The number of hydrogen-bond donors (Lipinski definition) is 1. The van der Waals surface area contributed by atoms with Gasteiger partial charge < -0.3 is 19.3 Å². The molecule has 7 heteroatoms. The second-order valence-corrected chi connectivity index (χ2v) is 9.52. The molecule has 1 aliphatic rings. The first-order valence-electron chi connectivity index (χ1n) is 13.5. The first-order chi connectivity index (χ1) is 19.9. The summed E-state index contributed by atoms with van der Waals surface area (Å²) < 4.78 is 17.3. The van der Waals surface area contributed by atoms with Crippen molar-refractivity contribution in [3.63, 3.8) is 0 Å². The maximum absolute atomic E-state index is 13.6. The van der Waals surface area contributed by atoms with E-state index < -0.39 is 17.7 Å². The Bertz CT molecular complexity index is 1590. The zero-order valence-corrected chi connectivity index (χ0v) is 23.2. The van der Waals surface area contributed by atoms with E-state index in [1.807, 2.05) is 75.4 Å². The standard InChI is InChI=1S/C34H31NO6/c1-4-39-27-18-19-28(29(21-27)40-5-2)32(36)30-31(23-11-9-10-22(3)20-23)35(34(38)33(30)37)24-14-16-26(17-15-24)41-25-12-7-6-8-13-25/h6-21,31,36H,4-5H2,1-3H3/b32-30-. The van der Waals surface area contributed by atoms with E-state index in [0.717, 1.165) is 5.56 Å². The molecule has 5 rings (SSSR count). The van der Waals surface area contributed by atoms with Crippen LogP contribution in [0.3, 0.4) is 0 Å². The summed E-state index contributed by atoms with van der Waals surface area (Å²) in [6, 6.07) is 28.0. The number of rotatable bonds is 9. The van der Waals surface area contributed by atoms with Crippen LogP contribution in [0.15, 0.2) is 103 Å². The Labute approximate surface area is 239 Å². The van der Waals surface area contributed by atoms with Crippen molar-refractivity contribution in [2.45, 2.75) is 26.8 Å². The molecule has 0 aromatic heterocycles. The molecule has 208 valence electrons. The van der Waals surface area contributed by atoms with Crippen molar-refractivity contribution in [3.8, 4) is 23.0 Å². The minimum atomic E-state index is -0.864. The summed E-state index contributed by atoms with van der Waals surface area (Å²) in [6.45, 7) is 6.43. The summed E-state index contributed by atoms with van der Waals surface area (Å²) in [5.74, 6) is 0.357. The van der Waals surface area contributed by atoms with Gasteiger partial charge in [-0.15, -0.1) is 0 Å². The van der Waals surface area contributed by atoms with Crippen molar-refractivity contribution in [3.05, 3.63) is 119 Å². The van der Waals surface area contributed by atoms with Gasteiger partial charge in [0, 0.05) is 11.8 Å². The number of benzene rings is 4. The van der Waals surface area contributed by atoms with Crippen LogP contribution >= 0.6 is 0 Å². The SMILES string of the molecule is CCOc1ccc(/C(O)=C2/C(=O)C(=O)N(c3ccc(Oc4ccccc4)cc3)C2c2cccc(C)c2)c(OCC)c1. The van der Waals surface area contributed by atoms with Gasteiger partial charge in [0.2, 0.25) is 0 Å². The Morgan fingerprint density at radius 1 is 0.780 bits per heavy atom. The van der Waals surface area contributed by atoms with Crippen molar-refractivity contribution in [1.82, 2.24) is 0 Å². The van der Waals surface area contributed by atoms with Gasteiger partial charge in [-0.25, -0.2) is 0 Å². The zero-order valence-electron chi connectivity index (χ0n) is 23.2. The smallest absolute Gasteiger partial charge is 0.300 e. The third-order valence-electron chi connectivity index (χ3n) is 6.72. The van der Waals surface area contributed by atoms with Crippen molar-refractivity contribution >= 4 is 23.1 Å². The molecule has 1 atom stereocenters. The first kappa shape index (κ1) is 27.5. The summed E-state index contributed by atoms with van der Waals surface area (Å²) >= 11 is 0. The second kappa shape index (κ2) is 12.0. The zero-order chi connectivity index (χ0) is 28.9. The van der Waals surface area contributed by atoms with Crippen LogP contribution < -0.4 is 19.1 Å². The summed E-state index contributed by atoms with van der Waals surface area (Å²) in [6.07, 6.45) is 0. The molecular formula is C34H31NO6. The number of Topliss-reactive ketones (excluding diaryl/α,β-unsaturated/α-hetero) is 1. The van der Waals surface area contributed by atoms with E-state index in [2.05, 4.69) is 0 Å². The number of para-hydroxylation sites is 1. The molecule has 4 aromatic rings. The highest BCUT2D eigenvalue weighted by Crippen LogP contribution is 2.44. The minimum absolute atomic E-state index is 0.0182. The van der Waals surface area contributed by atoms with Gasteiger partial charge >= 0.3 is 0 Å². The molecular weight excluding hydrogens is 518 g/mol. The van der Waals surface area contributed by atoms with E-state index in [9.17, 15) is 14.7 Å². The highest BCUT2D eigenvalue weighted by Gasteiger charge is 2.47. The van der Waals surface area contributed by atoms with Gasteiger partial charge in [0.15, 0.2) is 0 Å². The molecule has 0 spiro atoms. The second-order valence-electron chi connectivity index (χ2n) is 9.52. The highest BCUT2D eigenvalue weighted by molar-refractivity contribution is 6.51. The van der Waals surface area contributed by atoms with Crippen LogP contribution in [0.4, 0.5) is 5.69 Å². The maximum Gasteiger partial charge on any atom is 0.300 e. The van der Waals surface area contributed by atoms with Gasteiger partial charge in [0.1, 0.15) is 28.8 Å². The number of carbonyl (C=O) groups is 2. The Balaban J connectivity index is 1.61. The monoisotopic (exact) mass is 549 g/mol. The van der Waals surface area contributed by atoms with Gasteiger partial charge in [-0.05, 0) is 74.9 Å². The Morgan fingerprint density at radius 3 is 2.15 bits per heavy atom. The minimum Gasteiger partial charge on any atom is -0.507 e. The molecule has 7 nitrogen and oxygen atoms in total. The number of amides is 1. The number of ketones is 1. The van der Waals surface area contributed by atoms with Crippen LogP contribution in [0.25, 0.3) is 5.76 Å². The van der Waals surface area contributed by atoms with Gasteiger partial charge in [-0.3, -0.25) is 14.5 Å². The summed E-state index contributed by atoms with van der Waals surface area (Å²) in [5.41, 5.74) is 2.43. The van der Waals surface area contributed by atoms with Gasteiger partial charge in [-0.2, -0.15) is 0 Å². The maximum atomic E-state index is 13.6. The van der Waals surface area contributed by atoms with Crippen LogP contribution in [0.1, 0.15) is 36.6 Å². The molecule has 1 unspecified atom stereocenters. The molecule has 1 fully saturated rings. The topological polar surface area (TPSA) is 85.3 Å². The van der Waals surface area contributed by atoms with Crippen molar-refractivity contribution in [2.75, 3.05) is 18.1 Å². The van der Waals surface area contributed by atoms with E-state index in [1.165, 1.54) is 4.90 Å². The number of hydrogen-bond acceptors (Lipinski definition) is 6. The fourth-order valence-corrected chi connectivity index (χ4v) is 4.93. The molecule has 4 aromatic carbocycles. The Morgan fingerprint density at radius 2 is 1.46 bits per heavy atom. The molecule has 0 radical (unpaired) electrons. The Kier molecular flexibility index (Phi) is 8.06. The third kappa shape index (κ3) is 5.65. The number of ether oxygens (including phenoxy) is 3. The fraction of sp³-hybridized carbons (Fsp3) is 0.176. The van der Waals surface area contributed by atoms with Crippen molar-refractivity contribution < 1.29 is 28.9 Å². The van der Waals surface area contributed by atoms with E-state index in [4.69, 9.17) is 14.2 Å². The van der Waals surface area contributed by atoms with Crippen molar-refractivity contribution in [2.24, 2.45) is 0 Å². The van der Waals surface area contributed by atoms with Crippen LogP contribution in [-0.4, -0.2) is 30.0 Å². The van der Waals surface area contributed by atoms with E-state index in [1.54, 1.807) is 42.5 Å². The number of aliphatic hydroxyl groups excluding tert-OH is 1. The molecule has 1 aliphatic heterocycles. The number of carbonyl (C=O) groups excluding carboxylic acids is 2. The molecule has 0 saturated carbocycles. The summed E-state index contributed by atoms with van der Waals surface area (Å²) in [4.78, 5) is 28.6. The predicted octanol–water partition coefficient (Wildman–Crippen LogP) is 7.21. The summed E-state index contributed by atoms with van der Waals surface area (Å²) in [5, 5.41) is 11.6. The quantitative estimate of drug-likeness (QED) is 0.135. The Hall–Kier alpha value is -5.04. The fourth-order valence-electron chi connectivity index (χ4n) is 4.93. The summed E-state index contributed by atoms with van der Waals surface area (Å²) in [7, 11) is 0. The first-order valence-corrected chi connectivity index (χ1v) is 13.5.